The van der Waals surface area contributed by atoms with E-state index < -0.39 is 0 Å². The van der Waals surface area contributed by atoms with Gasteiger partial charge in [0.2, 0.25) is 0 Å². The highest BCUT2D eigenvalue weighted by molar-refractivity contribution is 5.71. The van der Waals surface area contributed by atoms with Crippen LogP contribution in [0.1, 0.15) is 0 Å². The van der Waals surface area contributed by atoms with Crippen LogP contribution in [0.25, 0.3) is 34.2 Å². The molecule has 6 heteroatoms. The molecule has 0 saturated heterocycles. The Balaban J connectivity index is 1.91. The average Bonchev–Trinajstić information content (AvgIpc) is 2.83. The standard InChI is InChI=1S/C24H24N6/c1-25-19-10-4-7-16(13-19)22-28-23(17-8-5-11-20(14-17)26-2)30-24(29-22)18-9-6-12-21(15-18)27-3/h4-15,25-27H,1-3H3. The Morgan fingerprint density at radius 3 is 1.03 bits per heavy atom. The molecule has 4 aromatic rings. The molecule has 0 radical (unpaired) electrons. The van der Waals surface area contributed by atoms with E-state index in [0.717, 1.165) is 33.8 Å². The highest BCUT2D eigenvalue weighted by Gasteiger charge is 2.13. The SMILES string of the molecule is CNc1cccc(-c2nc(-c3cccc(NC)c3)nc(-c3cccc(NC)c3)n2)c1. The Kier molecular flexibility index (Phi) is 5.57. The normalized spacial score (nSPS) is 10.5. The van der Waals surface area contributed by atoms with Crippen LogP contribution in [0.2, 0.25) is 0 Å². The monoisotopic (exact) mass is 396 g/mol. The second kappa shape index (κ2) is 8.61. The van der Waals surface area contributed by atoms with Crippen molar-refractivity contribution in [3.63, 3.8) is 0 Å². The maximum absolute atomic E-state index is 4.80. The van der Waals surface area contributed by atoms with E-state index in [-0.39, 0.29) is 0 Å². The minimum absolute atomic E-state index is 0.636. The molecular weight excluding hydrogens is 372 g/mol. The summed E-state index contributed by atoms with van der Waals surface area (Å²) < 4.78 is 0. The van der Waals surface area contributed by atoms with Crippen molar-refractivity contribution in [3.05, 3.63) is 72.8 Å². The van der Waals surface area contributed by atoms with Gasteiger partial charge in [0.05, 0.1) is 0 Å². The Labute approximate surface area is 176 Å². The highest BCUT2D eigenvalue weighted by Crippen LogP contribution is 2.28. The van der Waals surface area contributed by atoms with Crippen molar-refractivity contribution < 1.29 is 0 Å². The minimum Gasteiger partial charge on any atom is -0.388 e. The van der Waals surface area contributed by atoms with Crippen molar-refractivity contribution in [3.8, 4) is 34.2 Å². The summed E-state index contributed by atoms with van der Waals surface area (Å²) >= 11 is 0. The van der Waals surface area contributed by atoms with E-state index >= 15 is 0 Å². The van der Waals surface area contributed by atoms with Crippen molar-refractivity contribution in [2.45, 2.75) is 0 Å². The van der Waals surface area contributed by atoms with Crippen molar-refractivity contribution in [1.29, 1.82) is 0 Å². The summed E-state index contributed by atoms with van der Waals surface area (Å²) in [6.45, 7) is 0. The van der Waals surface area contributed by atoms with Crippen LogP contribution in [0, 0.1) is 0 Å². The number of nitrogens with one attached hydrogen (secondary N) is 3. The molecule has 0 aliphatic rings. The van der Waals surface area contributed by atoms with Gasteiger partial charge in [0.15, 0.2) is 17.5 Å². The maximum Gasteiger partial charge on any atom is 0.164 e. The molecule has 4 rings (SSSR count). The Morgan fingerprint density at radius 1 is 0.467 bits per heavy atom. The summed E-state index contributed by atoms with van der Waals surface area (Å²) in [5, 5.41) is 9.52. The molecule has 0 aliphatic carbocycles. The molecule has 0 unspecified atom stereocenters. The van der Waals surface area contributed by atoms with Crippen LogP contribution >= 0.6 is 0 Å². The van der Waals surface area contributed by atoms with E-state index in [1.54, 1.807) is 0 Å². The average molecular weight is 396 g/mol. The third-order valence-corrected chi connectivity index (χ3v) is 4.86. The lowest BCUT2D eigenvalue weighted by molar-refractivity contribution is 1.07. The fourth-order valence-electron chi connectivity index (χ4n) is 3.20. The lowest BCUT2D eigenvalue weighted by Gasteiger charge is -2.11. The third kappa shape index (κ3) is 4.07. The van der Waals surface area contributed by atoms with Gasteiger partial charge in [0, 0.05) is 54.9 Å². The molecule has 0 aliphatic heterocycles. The second-order valence-electron chi connectivity index (χ2n) is 6.80. The molecule has 6 nitrogen and oxygen atoms in total. The maximum atomic E-state index is 4.80. The molecule has 0 spiro atoms. The summed E-state index contributed by atoms with van der Waals surface area (Å²) in [5.74, 6) is 1.91. The van der Waals surface area contributed by atoms with Crippen LogP contribution in [-0.2, 0) is 0 Å². The van der Waals surface area contributed by atoms with Crippen molar-refractivity contribution in [1.82, 2.24) is 15.0 Å². The van der Waals surface area contributed by atoms with Gasteiger partial charge < -0.3 is 16.0 Å². The molecule has 150 valence electrons. The van der Waals surface area contributed by atoms with Gasteiger partial charge in [-0.05, 0) is 36.4 Å². The third-order valence-electron chi connectivity index (χ3n) is 4.86. The quantitative estimate of drug-likeness (QED) is 0.426. The summed E-state index contributed by atoms with van der Waals surface area (Å²) in [6, 6.07) is 24.2. The zero-order valence-electron chi connectivity index (χ0n) is 17.3. The van der Waals surface area contributed by atoms with E-state index in [0.29, 0.717) is 17.5 Å². The van der Waals surface area contributed by atoms with Crippen LogP contribution in [0.5, 0.6) is 0 Å². The summed E-state index contributed by atoms with van der Waals surface area (Å²) in [6.07, 6.45) is 0. The first-order chi connectivity index (χ1) is 14.7. The lowest BCUT2D eigenvalue weighted by Crippen LogP contribution is -2.01. The van der Waals surface area contributed by atoms with Gasteiger partial charge in [-0.1, -0.05) is 36.4 Å². The molecule has 0 saturated carbocycles. The van der Waals surface area contributed by atoms with Crippen molar-refractivity contribution in [2.24, 2.45) is 0 Å². The van der Waals surface area contributed by atoms with Crippen LogP contribution < -0.4 is 16.0 Å². The first kappa shape index (κ1) is 19.4. The predicted octanol–water partition coefficient (Wildman–Crippen LogP) is 5.00. The van der Waals surface area contributed by atoms with Crippen LogP contribution in [0.15, 0.2) is 72.8 Å². The van der Waals surface area contributed by atoms with Crippen LogP contribution in [0.4, 0.5) is 17.1 Å². The Bertz CT molecular complexity index is 1010. The van der Waals surface area contributed by atoms with E-state index in [4.69, 9.17) is 15.0 Å². The van der Waals surface area contributed by atoms with Crippen molar-refractivity contribution >= 4 is 17.1 Å². The van der Waals surface area contributed by atoms with Crippen LogP contribution in [-0.4, -0.2) is 36.1 Å². The van der Waals surface area contributed by atoms with Gasteiger partial charge in [-0.15, -0.1) is 0 Å². The zero-order chi connectivity index (χ0) is 20.9. The predicted molar refractivity (Wildman–Crippen MR) is 125 cm³/mol. The molecule has 0 bridgehead atoms. The molecule has 30 heavy (non-hydrogen) atoms. The zero-order valence-corrected chi connectivity index (χ0v) is 17.3. The second-order valence-corrected chi connectivity index (χ2v) is 6.80. The minimum atomic E-state index is 0.636. The van der Waals surface area contributed by atoms with Gasteiger partial charge in [-0.3, -0.25) is 0 Å². The number of anilines is 3. The number of hydrogen-bond donors (Lipinski definition) is 3. The Morgan fingerprint density at radius 2 is 0.767 bits per heavy atom. The van der Waals surface area contributed by atoms with Gasteiger partial charge >= 0.3 is 0 Å². The summed E-state index contributed by atoms with van der Waals surface area (Å²) in [4.78, 5) is 14.4. The largest absolute Gasteiger partial charge is 0.388 e. The first-order valence-electron chi connectivity index (χ1n) is 9.81. The fraction of sp³-hybridized carbons (Fsp3) is 0.125. The van der Waals surface area contributed by atoms with E-state index in [2.05, 4.69) is 16.0 Å². The molecule has 1 aromatic heterocycles. The smallest absolute Gasteiger partial charge is 0.164 e. The molecule has 3 N–H and O–H groups in total. The highest BCUT2D eigenvalue weighted by atomic mass is 15.0. The van der Waals surface area contributed by atoms with Gasteiger partial charge in [0.1, 0.15) is 0 Å². The number of hydrogen-bond acceptors (Lipinski definition) is 6. The van der Waals surface area contributed by atoms with E-state index in [1.807, 2.05) is 93.9 Å². The fourth-order valence-corrected chi connectivity index (χ4v) is 3.20. The number of rotatable bonds is 6. The number of nitrogens with zero attached hydrogens (tertiary/aromatic N) is 3. The Hall–Kier alpha value is -3.93. The molecule has 1 heterocycles. The summed E-state index contributed by atoms with van der Waals surface area (Å²) in [7, 11) is 5.70. The molecule has 0 atom stereocenters. The lowest BCUT2D eigenvalue weighted by atomic mass is 10.1. The molecule has 3 aromatic carbocycles. The molecular formula is C24H24N6. The number of aromatic nitrogens is 3. The topological polar surface area (TPSA) is 74.8 Å². The van der Waals surface area contributed by atoms with Gasteiger partial charge in [0.25, 0.3) is 0 Å². The van der Waals surface area contributed by atoms with E-state index in [9.17, 15) is 0 Å². The van der Waals surface area contributed by atoms with E-state index in [1.165, 1.54) is 0 Å². The van der Waals surface area contributed by atoms with Gasteiger partial charge in [-0.2, -0.15) is 0 Å². The molecule has 0 amide bonds. The summed E-state index contributed by atoms with van der Waals surface area (Å²) in [5.41, 5.74) is 5.81. The first-order valence-corrected chi connectivity index (χ1v) is 9.81. The van der Waals surface area contributed by atoms with Crippen molar-refractivity contribution in [2.75, 3.05) is 37.1 Å². The van der Waals surface area contributed by atoms with Crippen LogP contribution in [0.3, 0.4) is 0 Å². The van der Waals surface area contributed by atoms with Gasteiger partial charge in [-0.25, -0.2) is 15.0 Å². The number of benzene rings is 3. The molecule has 0 fully saturated rings.